The molecule has 0 saturated heterocycles. The number of thiophene rings is 1. The standard InChI is InChI=1S/C14H13ClN2O2S/c1-2-16-13(18)9-4-3-5-10(8-9)17-14(19)11-6-7-12(15)20-11/h3-8H,2H2,1H3,(H,16,18)(H,17,19). The summed E-state index contributed by atoms with van der Waals surface area (Å²) in [7, 11) is 0. The quantitative estimate of drug-likeness (QED) is 0.909. The van der Waals surface area contributed by atoms with Crippen molar-refractivity contribution in [2.24, 2.45) is 0 Å². The van der Waals surface area contributed by atoms with Crippen LogP contribution >= 0.6 is 22.9 Å². The van der Waals surface area contributed by atoms with E-state index in [4.69, 9.17) is 11.6 Å². The maximum absolute atomic E-state index is 12.0. The van der Waals surface area contributed by atoms with Crippen LogP contribution in [0, 0.1) is 0 Å². The molecule has 0 spiro atoms. The Bertz CT molecular complexity index is 640. The second-order valence-corrected chi connectivity index (χ2v) is 5.71. The predicted octanol–water partition coefficient (Wildman–Crippen LogP) is 3.40. The molecule has 4 nitrogen and oxygen atoms in total. The van der Waals surface area contributed by atoms with Gasteiger partial charge in [-0.2, -0.15) is 0 Å². The summed E-state index contributed by atoms with van der Waals surface area (Å²) in [6, 6.07) is 10.1. The normalized spacial score (nSPS) is 10.1. The molecule has 0 fully saturated rings. The Kier molecular flexibility index (Phi) is 4.76. The molecule has 104 valence electrons. The molecule has 2 aromatic rings. The number of carbonyl (C=O) groups excluding carboxylic acids is 2. The van der Waals surface area contributed by atoms with E-state index in [0.717, 1.165) is 0 Å². The zero-order valence-electron chi connectivity index (χ0n) is 10.8. The van der Waals surface area contributed by atoms with Crippen LogP contribution in [0.4, 0.5) is 5.69 Å². The molecule has 0 aliphatic heterocycles. The molecule has 0 aliphatic carbocycles. The zero-order chi connectivity index (χ0) is 14.5. The van der Waals surface area contributed by atoms with E-state index in [1.54, 1.807) is 36.4 Å². The summed E-state index contributed by atoms with van der Waals surface area (Å²) in [5.74, 6) is -0.405. The molecule has 0 bridgehead atoms. The van der Waals surface area contributed by atoms with Gasteiger partial charge in [-0.05, 0) is 37.3 Å². The predicted molar refractivity (Wildman–Crippen MR) is 81.7 cm³/mol. The van der Waals surface area contributed by atoms with Crippen LogP contribution in [0.3, 0.4) is 0 Å². The topological polar surface area (TPSA) is 58.2 Å². The van der Waals surface area contributed by atoms with Crippen molar-refractivity contribution in [2.75, 3.05) is 11.9 Å². The van der Waals surface area contributed by atoms with E-state index in [9.17, 15) is 9.59 Å². The lowest BCUT2D eigenvalue weighted by Gasteiger charge is -2.06. The van der Waals surface area contributed by atoms with Crippen molar-refractivity contribution >= 4 is 40.4 Å². The average Bonchev–Trinajstić information content (AvgIpc) is 2.86. The van der Waals surface area contributed by atoms with Crippen molar-refractivity contribution in [3.05, 3.63) is 51.2 Å². The van der Waals surface area contributed by atoms with Gasteiger partial charge >= 0.3 is 0 Å². The summed E-state index contributed by atoms with van der Waals surface area (Å²) < 4.78 is 0.561. The van der Waals surface area contributed by atoms with Crippen LogP contribution < -0.4 is 10.6 Å². The highest BCUT2D eigenvalue weighted by Crippen LogP contribution is 2.22. The lowest BCUT2D eigenvalue weighted by molar-refractivity contribution is 0.0954. The largest absolute Gasteiger partial charge is 0.352 e. The Morgan fingerprint density at radius 2 is 2.00 bits per heavy atom. The molecule has 0 unspecified atom stereocenters. The molecule has 2 rings (SSSR count). The molecular formula is C14H13ClN2O2S. The number of benzene rings is 1. The molecule has 0 aliphatic rings. The maximum atomic E-state index is 12.0. The minimum Gasteiger partial charge on any atom is -0.352 e. The number of hydrogen-bond acceptors (Lipinski definition) is 3. The van der Waals surface area contributed by atoms with E-state index in [0.29, 0.717) is 27.0 Å². The second-order valence-electron chi connectivity index (χ2n) is 4.00. The zero-order valence-corrected chi connectivity index (χ0v) is 12.3. The van der Waals surface area contributed by atoms with Crippen LogP contribution in [0.1, 0.15) is 27.0 Å². The first-order valence-corrected chi connectivity index (χ1v) is 7.24. The van der Waals surface area contributed by atoms with Crippen LogP contribution in [0.2, 0.25) is 4.34 Å². The Morgan fingerprint density at radius 3 is 2.65 bits per heavy atom. The molecule has 2 amide bonds. The van der Waals surface area contributed by atoms with Gasteiger partial charge in [-0.15, -0.1) is 11.3 Å². The molecule has 0 atom stereocenters. The van der Waals surface area contributed by atoms with Gasteiger partial charge < -0.3 is 10.6 Å². The minimum atomic E-state index is -0.241. The highest BCUT2D eigenvalue weighted by molar-refractivity contribution is 7.18. The van der Waals surface area contributed by atoms with Gasteiger partial charge in [0.1, 0.15) is 0 Å². The Labute approximate surface area is 125 Å². The molecule has 0 radical (unpaired) electrons. The van der Waals surface area contributed by atoms with Crippen LogP contribution in [0.25, 0.3) is 0 Å². The number of rotatable bonds is 4. The molecule has 1 heterocycles. The van der Waals surface area contributed by atoms with Gasteiger partial charge in [-0.25, -0.2) is 0 Å². The number of nitrogens with one attached hydrogen (secondary N) is 2. The van der Waals surface area contributed by atoms with Crippen molar-refractivity contribution in [3.63, 3.8) is 0 Å². The minimum absolute atomic E-state index is 0.164. The first-order chi connectivity index (χ1) is 9.60. The van der Waals surface area contributed by atoms with Crippen molar-refractivity contribution in [2.45, 2.75) is 6.92 Å². The monoisotopic (exact) mass is 308 g/mol. The van der Waals surface area contributed by atoms with Crippen LogP contribution in [-0.2, 0) is 0 Å². The highest BCUT2D eigenvalue weighted by atomic mass is 35.5. The van der Waals surface area contributed by atoms with Crippen molar-refractivity contribution < 1.29 is 9.59 Å². The summed E-state index contributed by atoms with van der Waals surface area (Å²) in [6.45, 7) is 2.41. The third kappa shape index (κ3) is 3.59. The van der Waals surface area contributed by atoms with E-state index in [-0.39, 0.29) is 11.8 Å². The number of carbonyl (C=O) groups is 2. The van der Waals surface area contributed by atoms with Gasteiger partial charge in [0.05, 0.1) is 9.21 Å². The SMILES string of the molecule is CCNC(=O)c1cccc(NC(=O)c2ccc(Cl)s2)c1. The number of halogens is 1. The number of hydrogen-bond donors (Lipinski definition) is 2. The Hall–Kier alpha value is -1.85. The third-order valence-electron chi connectivity index (χ3n) is 2.52. The fraction of sp³-hybridized carbons (Fsp3) is 0.143. The highest BCUT2D eigenvalue weighted by Gasteiger charge is 2.10. The van der Waals surface area contributed by atoms with E-state index >= 15 is 0 Å². The van der Waals surface area contributed by atoms with E-state index < -0.39 is 0 Å². The van der Waals surface area contributed by atoms with Gasteiger partial charge in [-0.1, -0.05) is 17.7 Å². The lowest BCUT2D eigenvalue weighted by Crippen LogP contribution is -2.22. The smallest absolute Gasteiger partial charge is 0.265 e. The number of amides is 2. The van der Waals surface area contributed by atoms with Gasteiger partial charge in [0.25, 0.3) is 11.8 Å². The lowest BCUT2D eigenvalue weighted by atomic mass is 10.2. The molecule has 1 aromatic carbocycles. The van der Waals surface area contributed by atoms with Crippen molar-refractivity contribution in [1.82, 2.24) is 5.32 Å². The summed E-state index contributed by atoms with van der Waals surface area (Å²) in [5, 5.41) is 5.45. The Balaban J connectivity index is 2.12. The molecule has 6 heteroatoms. The van der Waals surface area contributed by atoms with Gasteiger partial charge in [0.2, 0.25) is 0 Å². The van der Waals surface area contributed by atoms with Crippen LogP contribution in [-0.4, -0.2) is 18.4 Å². The van der Waals surface area contributed by atoms with E-state index in [1.807, 2.05) is 6.92 Å². The average molecular weight is 309 g/mol. The molecule has 2 N–H and O–H groups in total. The first kappa shape index (κ1) is 14.6. The molecular weight excluding hydrogens is 296 g/mol. The summed E-state index contributed by atoms with van der Waals surface area (Å²) in [4.78, 5) is 24.2. The van der Waals surface area contributed by atoms with Crippen LogP contribution in [0.15, 0.2) is 36.4 Å². The van der Waals surface area contributed by atoms with Gasteiger partial charge in [0, 0.05) is 17.8 Å². The third-order valence-corrected chi connectivity index (χ3v) is 3.75. The van der Waals surface area contributed by atoms with Crippen molar-refractivity contribution in [3.8, 4) is 0 Å². The maximum Gasteiger partial charge on any atom is 0.265 e. The first-order valence-electron chi connectivity index (χ1n) is 6.05. The molecule has 0 saturated carbocycles. The molecule has 20 heavy (non-hydrogen) atoms. The van der Waals surface area contributed by atoms with E-state index in [2.05, 4.69) is 10.6 Å². The Morgan fingerprint density at radius 1 is 1.20 bits per heavy atom. The second kappa shape index (κ2) is 6.54. The summed E-state index contributed by atoms with van der Waals surface area (Å²) >= 11 is 7.00. The van der Waals surface area contributed by atoms with Crippen LogP contribution in [0.5, 0.6) is 0 Å². The summed E-state index contributed by atoms with van der Waals surface area (Å²) in [5.41, 5.74) is 1.08. The summed E-state index contributed by atoms with van der Waals surface area (Å²) in [6.07, 6.45) is 0. The van der Waals surface area contributed by atoms with E-state index in [1.165, 1.54) is 11.3 Å². The fourth-order valence-corrected chi connectivity index (χ4v) is 2.57. The van der Waals surface area contributed by atoms with Gasteiger partial charge in [0.15, 0.2) is 0 Å². The fourth-order valence-electron chi connectivity index (χ4n) is 1.63. The molecule has 1 aromatic heterocycles. The van der Waals surface area contributed by atoms with Gasteiger partial charge in [-0.3, -0.25) is 9.59 Å². The number of anilines is 1. The van der Waals surface area contributed by atoms with Crippen molar-refractivity contribution in [1.29, 1.82) is 0 Å².